The van der Waals surface area contributed by atoms with Crippen molar-refractivity contribution in [2.75, 3.05) is 0 Å². The lowest BCUT2D eigenvalue weighted by atomic mass is 10.1. The minimum atomic E-state index is -0.222. The smallest absolute Gasteiger partial charge is 0.273 e. The lowest BCUT2D eigenvalue weighted by Crippen LogP contribution is -2.34. The molecule has 1 amide bonds. The van der Waals surface area contributed by atoms with Crippen LogP contribution in [-0.2, 0) is 6.42 Å². The second-order valence-corrected chi connectivity index (χ2v) is 5.39. The van der Waals surface area contributed by atoms with Gasteiger partial charge in [-0.1, -0.05) is 19.0 Å². The van der Waals surface area contributed by atoms with Crippen molar-refractivity contribution in [3.63, 3.8) is 0 Å². The molecule has 20 heavy (non-hydrogen) atoms. The molecule has 0 bridgehead atoms. The molecular weight excluding hydrogens is 256 g/mol. The third-order valence-corrected chi connectivity index (χ3v) is 2.98. The highest BCUT2D eigenvalue weighted by molar-refractivity contribution is 5.92. The van der Waals surface area contributed by atoms with Crippen LogP contribution in [0.2, 0.25) is 0 Å². The number of carbonyl (C=O) groups is 1. The Kier molecular flexibility index (Phi) is 4.22. The molecule has 0 aliphatic heterocycles. The van der Waals surface area contributed by atoms with Crippen LogP contribution in [0.5, 0.6) is 0 Å². The molecule has 0 saturated carbocycles. The first-order chi connectivity index (χ1) is 9.45. The molecular formula is C14H20N4O2. The molecule has 0 aliphatic carbocycles. The van der Waals surface area contributed by atoms with Gasteiger partial charge in [0.1, 0.15) is 5.76 Å². The van der Waals surface area contributed by atoms with E-state index >= 15 is 0 Å². The summed E-state index contributed by atoms with van der Waals surface area (Å²) in [6.07, 6.45) is 0.672. The van der Waals surface area contributed by atoms with Crippen LogP contribution in [0.1, 0.15) is 54.3 Å². The molecule has 0 radical (unpaired) electrons. The number of hydrogen-bond donors (Lipinski definition) is 2. The standard InChI is InChI=1S/C14H20N4O2/c1-8(2)13-7-12(18-20-13)14(19)15-9(3)5-11-6-10(4)16-17-11/h6-9H,5H2,1-4H3,(H,15,19)(H,16,17)/t9-/m0/s1. The van der Waals surface area contributed by atoms with Gasteiger partial charge in [0.15, 0.2) is 5.69 Å². The normalized spacial score (nSPS) is 12.7. The van der Waals surface area contributed by atoms with Crippen molar-refractivity contribution in [2.45, 2.75) is 46.1 Å². The van der Waals surface area contributed by atoms with E-state index in [1.54, 1.807) is 6.07 Å². The number of aryl methyl sites for hydroxylation is 1. The van der Waals surface area contributed by atoms with Crippen molar-refractivity contribution >= 4 is 5.91 Å². The Morgan fingerprint density at radius 3 is 2.70 bits per heavy atom. The van der Waals surface area contributed by atoms with Gasteiger partial charge in [0, 0.05) is 30.1 Å². The summed E-state index contributed by atoms with van der Waals surface area (Å²) in [4.78, 5) is 12.0. The summed E-state index contributed by atoms with van der Waals surface area (Å²) in [7, 11) is 0. The predicted molar refractivity (Wildman–Crippen MR) is 74.5 cm³/mol. The maximum Gasteiger partial charge on any atom is 0.273 e. The molecule has 0 fully saturated rings. The number of H-pyrrole nitrogens is 1. The molecule has 0 spiro atoms. The van der Waals surface area contributed by atoms with Crippen LogP contribution < -0.4 is 5.32 Å². The van der Waals surface area contributed by atoms with Crippen LogP contribution in [0.4, 0.5) is 0 Å². The summed E-state index contributed by atoms with van der Waals surface area (Å²) in [6, 6.07) is 3.63. The first-order valence-corrected chi connectivity index (χ1v) is 6.74. The summed E-state index contributed by atoms with van der Waals surface area (Å²) < 4.78 is 5.12. The zero-order chi connectivity index (χ0) is 14.7. The maximum atomic E-state index is 12.0. The Hall–Kier alpha value is -2.11. The Balaban J connectivity index is 1.93. The lowest BCUT2D eigenvalue weighted by molar-refractivity contribution is 0.0930. The number of carbonyl (C=O) groups excluding carboxylic acids is 1. The second kappa shape index (κ2) is 5.90. The third-order valence-electron chi connectivity index (χ3n) is 2.98. The number of nitrogens with zero attached hydrogens (tertiary/aromatic N) is 2. The van der Waals surface area contributed by atoms with Gasteiger partial charge in [-0.2, -0.15) is 5.10 Å². The first-order valence-electron chi connectivity index (χ1n) is 6.74. The fourth-order valence-electron chi connectivity index (χ4n) is 1.91. The molecule has 2 aromatic rings. The first kappa shape index (κ1) is 14.3. The Bertz CT molecular complexity index is 586. The van der Waals surface area contributed by atoms with Crippen molar-refractivity contribution in [3.8, 4) is 0 Å². The van der Waals surface area contributed by atoms with Crippen LogP contribution in [0, 0.1) is 6.92 Å². The summed E-state index contributed by atoms with van der Waals surface area (Å²) in [5.74, 6) is 0.708. The number of amides is 1. The van der Waals surface area contributed by atoms with Crippen molar-refractivity contribution < 1.29 is 9.32 Å². The van der Waals surface area contributed by atoms with E-state index in [0.29, 0.717) is 17.9 Å². The molecule has 2 aromatic heterocycles. The molecule has 0 saturated heterocycles. The Labute approximate surface area is 117 Å². The molecule has 0 aliphatic rings. The largest absolute Gasteiger partial charge is 0.360 e. The highest BCUT2D eigenvalue weighted by Gasteiger charge is 2.16. The van der Waals surface area contributed by atoms with E-state index in [2.05, 4.69) is 20.7 Å². The molecule has 2 rings (SSSR count). The quantitative estimate of drug-likeness (QED) is 0.876. The van der Waals surface area contributed by atoms with E-state index in [4.69, 9.17) is 4.52 Å². The maximum absolute atomic E-state index is 12.0. The van der Waals surface area contributed by atoms with Gasteiger partial charge in [-0.15, -0.1) is 0 Å². The SMILES string of the molecule is Cc1cc(C[C@H](C)NC(=O)c2cc(C(C)C)on2)n[nH]1. The van der Waals surface area contributed by atoms with Crippen LogP contribution in [0.15, 0.2) is 16.7 Å². The van der Waals surface area contributed by atoms with E-state index in [1.165, 1.54) is 0 Å². The van der Waals surface area contributed by atoms with Gasteiger partial charge >= 0.3 is 0 Å². The van der Waals surface area contributed by atoms with Gasteiger partial charge in [-0.05, 0) is 19.9 Å². The fraction of sp³-hybridized carbons (Fsp3) is 0.500. The lowest BCUT2D eigenvalue weighted by Gasteiger charge is -2.10. The fourth-order valence-corrected chi connectivity index (χ4v) is 1.91. The van der Waals surface area contributed by atoms with Gasteiger partial charge in [0.25, 0.3) is 5.91 Å². The van der Waals surface area contributed by atoms with Gasteiger partial charge < -0.3 is 9.84 Å². The molecule has 0 aromatic carbocycles. The zero-order valence-electron chi connectivity index (χ0n) is 12.2. The topological polar surface area (TPSA) is 83.8 Å². The molecule has 0 unspecified atom stereocenters. The average Bonchev–Trinajstić information content (AvgIpc) is 2.98. The molecule has 6 nitrogen and oxygen atoms in total. The van der Waals surface area contributed by atoms with Gasteiger partial charge in [-0.25, -0.2) is 0 Å². The predicted octanol–water partition coefficient (Wildman–Crippen LogP) is 2.19. The van der Waals surface area contributed by atoms with Crippen LogP contribution in [0.3, 0.4) is 0 Å². The molecule has 6 heteroatoms. The average molecular weight is 276 g/mol. The van der Waals surface area contributed by atoms with Gasteiger partial charge in [0.05, 0.1) is 5.69 Å². The van der Waals surface area contributed by atoms with E-state index in [9.17, 15) is 4.79 Å². The Morgan fingerprint density at radius 2 is 2.15 bits per heavy atom. The van der Waals surface area contributed by atoms with E-state index in [0.717, 1.165) is 11.4 Å². The second-order valence-electron chi connectivity index (χ2n) is 5.39. The highest BCUT2D eigenvalue weighted by atomic mass is 16.5. The van der Waals surface area contributed by atoms with Gasteiger partial charge in [0.2, 0.25) is 0 Å². The van der Waals surface area contributed by atoms with E-state index in [1.807, 2.05) is 33.8 Å². The molecule has 2 N–H and O–H groups in total. The van der Waals surface area contributed by atoms with Crippen molar-refractivity contribution in [1.29, 1.82) is 0 Å². The van der Waals surface area contributed by atoms with E-state index in [-0.39, 0.29) is 17.9 Å². The number of hydrogen-bond acceptors (Lipinski definition) is 4. The number of aromatic nitrogens is 3. The summed E-state index contributed by atoms with van der Waals surface area (Å²) in [5.41, 5.74) is 2.26. The minimum Gasteiger partial charge on any atom is -0.360 e. The third kappa shape index (κ3) is 3.46. The van der Waals surface area contributed by atoms with Crippen LogP contribution >= 0.6 is 0 Å². The molecule has 2 heterocycles. The summed E-state index contributed by atoms with van der Waals surface area (Å²) >= 11 is 0. The number of aromatic amines is 1. The van der Waals surface area contributed by atoms with Crippen molar-refractivity contribution in [2.24, 2.45) is 0 Å². The highest BCUT2D eigenvalue weighted by Crippen LogP contribution is 2.15. The number of nitrogens with one attached hydrogen (secondary N) is 2. The zero-order valence-corrected chi connectivity index (χ0v) is 12.2. The number of rotatable bonds is 5. The van der Waals surface area contributed by atoms with Crippen LogP contribution in [0.25, 0.3) is 0 Å². The summed E-state index contributed by atoms with van der Waals surface area (Å²) in [6.45, 7) is 7.86. The molecule has 108 valence electrons. The minimum absolute atomic E-state index is 0.0237. The van der Waals surface area contributed by atoms with Crippen LogP contribution in [-0.4, -0.2) is 27.3 Å². The molecule has 1 atom stereocenters. The van der Waals surface area contributed by atoms with Crippen molar-refractivity contribution in [1.82, 2.24) is 20.7 Å². The van der Waals surface area contributed by atoms with Crippen molar-refractivity contribution in [3.05, 3.63) is 35.0 Å². The Morgan fingerprint density at radius 1 is 1.40 bits per heavy atom. The summed E-state index contributed by atoms with van der Waals surface area (Å²) in [5, 5.41) is 13.7. The van der Waals surface area contributed by atoms with E-state index < -0.39 is 0 Å². The van der Waals surface area contributed by atoms with Gasteiger partial charge in [-0.3, -0.25) is 9.89 Å². The monoisotopic (exact) mass is 276 g/mol.